The van der Waals surface area contributed by atoms with Crippen LogP contribution in [-0.4, -0.2) is 38.4 Å². The highest BCUT2D eigenvalue weighted by molar-refractivity contribution is 5.91. The van der Waals surface area contributed by atoms with Crippen LogP contribution in [0.3, 0.4) is 0 Å². The molecule has 0 aromatic heterocycles. The van der Waals surface area contributed by atoms with E-state index in [2.05, 4.69) is 18.4 Å². The van der Waals surface area contributed by atoms with E-state index >= 15 is 0 Å². The fourth-order valence-corrected chi connectivity index (χ4v) is 2.92. The van der Waals surface area contributed by atoms with Crippen molar-refractivity contribution in [3.05, 3.63) is 107 Å². The summed E-state index contributed by atoms with van der Waals surface area (Å²) in [5.41, 5.74) is 2.16. The van der Waals surface area contributed by atoms with Gasteiger partial charge in [0.1, 0.15) is 19.0 Å². The molecule has 0 saturated carbocycles. The Kier molecular flexibility index (Phi) is 10.2. The number of nitrogens with zero attached hydrogens (tertiary/aromatic N) is 1. The highest BCUT2D eigenvalue weighted by Crippen LogP contribution is 2.20. The first kappa shape index (κ1) is 27.7. The lowest BCUT2D eigenvalue weighted by Gasteiger charge is -2.09. The standard InChI is InChI=1S/C30H24FNO6/c1-21(2)29(33)37-18-16-35-15-17-36-26-12-10-25(11-13-26)30(34)38-28-14-9-23(19-27(28)31)6-3-22-4-7-24(20-32)8-5-22/h4-5,7-14,19H,1,15-18H2,2H3. The maximum atomic E-state index is 14.5. The summed E-state index contributed by atoms with van der Waals surface area (Å²) in [6.07, 6.45) is 0. The van der Waals surface area contributed by atoms with Crippen molar-refractivity contribution in [1.29, 1.82) is 5.26 Å². The first-order valence-corrected chi connectivity index (χ1v) is 11.5. The third-order valence-electron chi connectivity index (χ3n) is 4.90. The van der Waals surface area contributed by atoms with Gasteiger partial charge in [0.15, 0.2) is 11.6 Å². The van der Waals surface area contributed by atoms with Gasteiger partial charge < -0.3 is 18.9 Å². The quantitative estimate of drug-likeness (QED) is 0.126. The number of ether oxygens (including phenoxy) is 4. The van der Waals surface area contributed by atoms with E-state index < -0.39 is 17.8 Å². The summed E-state index contributed by atoms with van der Waals surface area (Å²) in [5.74, 6) is 4.11. The maximum absolute atomic E-state index is 14.5. The van der Waals surface area contributed by atoms with Crippen LogP contribution in [0.4, 0.5) is 4.39 Å². The molecule has 0 amide bonds. The second-order valence-electron chi connectivity index (χ2n) is 7.88. The second kappa shape index (κ2) is 14.0. The molecule has 0 aliphatic carbocycles. The molecule has 8 heteroatoms. The molecule has 3 aromatic rings. The highest BCUT2D eigenvalue weighted by atomic mass is 19.1. The van der Waals surface area contributed by atoms with Crippen LogP contribution >= 0.6 is 0 Å². The van der Waals surface area contributed by atoms with Crippen molar-refractivity contribution < 1.29 is 32.9 Å². The molecule has 0 saturated heterocycles. The molecule has 0 radical (unpaired) electrons. The van der Waals surface area contributed by atoms with E-state index in [1.165, 1.54) is 24.3 Å². The Hall–Kier alpha value is -4.92. The Labute approximate surface area is 220 Å². The second-order valence-corrected chi connectivity index (χ2v) is 7.88. The van der Waals surface area contributed by atoms with Gasteiger partial charge in [-0.25, -0.2) is 14.0 Å². The summed E-state index contributed by atoms with van der Waals surface area (Å²) < 4.78 is 35.5. The van der Waals surface area contributed by atoms with E-state index in [9.17, 15) is 14.0 Å². The lowest BCUT2D eigenvalue weighted by Crippen LogP contribution is -2.14. The molecule has 3 rings (SSSR count). The lowest BCUT2D eigenvalue weighted by molar-refractivity contribution is -0.140. The van der Waals surface area contributed by atoms with Crippen molar-refractivity contribution in [2.45, 2.75) is 6.92 Å². The highest BCUT2D eigenvalue weighted by Gasteiger charge is 2.12. The van der Waals surface area contributed by atoms with Crippen LogP contribution in [0.1, 0.15) is 34.0 Å². The predicted molar refractivity (Wildman–Crippen MR) is 137 cm³/mol. The summed E-state index contributed by atoms with van der Waals surface area (Å²) in [5, 5.41) is 8.84. The third-order valence-corrected chi connectivity index (χ3v) is 4.90. The molecular weight excluding hydrogens is 489 g/mol. The molecule has 0 aliphatic rings. The van der Waals surface area contributed by atoms with Crippen LogP contribution in [0.15, 0.2) is 78.9 Å². The van der Waals surface area contributed by atoms with E-state index in [0.29, 0.717) is 28.0 Å². The van der Waals surface area contributed by atoms with Gasteiger partial charge >= 0.3 is 11.9 Å². The van der Waals surface area contributed by atoms with Gasteiger partial charge in [0.2, 0.25) is 0 Å². The Balaban J connectivity index is 1.45. The molecule has 192 valence electrons. The van der Waals surface area contributed by atoms with Crippen molar-refractivity contribution in [2.24, 2.45) is 0 Å². The Morgan fingerprint density at radius 1 is 0.868 bits per heavy atom. The largest absolute Gasteiger partial charge is 0.491 e. The number of carbonyl (C=O) groups excluding carboxylic acids is 2. The topological polar surface area (TPSA) is 94.8 Å². The maximum Gasteiger partial charge on any atom is 0.343 e. The van der Waals surface area contributed by atoms with Crippen LogP contribution in [0.5, 0.6) is 11.5 Å². The summed E-state index contributed by atoms with van der Waals surface area (Å²) in [7, 11) is 0. The number of carbonyl (C=O) groups is 2. The molecule has 0 fully saturated rings. The van der Waals surface area contributed by atoms with Crippen molar-refractivity contribution in [3.8, 4) is 29.4 Å². The third kappa shape index (κ3) is 8.63. The van der Waals surface area contributed by atoms with Crippen LogP contribution in [-0.2, 0) is 14.3 Å². The SMILES string of the molecule is C=C(C)C(=O)OCCOCCOc1ccc(C(=O)Oc2ccc(C#Cc3ccc(C#N)cc3)cc2F)cc1. The number of halogens is 1. The summed E-state index contributed by atoms with van der Waals surface area (Å²) >= 11 is 0. The van der Waals surface area contributed by atoms with Crippen molar-refractivity contribution in [2.75, 3.05) is 26.4 Å². The molecule has 0 atom stereocenters. The molecule has 7 nitrogen and oxygen atoms in total. The summed E-state index contributed by atoms with van der Waals surface area (Å²) in [6.45, 7) is 5.94. The average molecular weight is 514 g/mol. The van der Waals surface area contributed by atoms with Crippen LogP contribution in [0.2, 0.25) is 0 Å². The van der Waals surface area contributed by atoms with E-state index in [-0.39, 0.29) is 37.7 Å². The van der Waals surface area contributed by atoms with Gasteiger partial charge in [-0.2, -0.15) is 5.26 Å². The minimum atomic E-state index is -0.723. The zero-order valence-corrected chi connectivity index (χ0v) is 20.7. The molecule has 0 aliphatic heterocycles. The Bertz CT molecular complexity index is 1400. The zero-order chi connectivity index (χ0) is 27.3. The smallest absolute Gasteiger partial charge is 0.343 e. The van der Waals surface area contributed by atoms with Gasteiger partial charge in [-0.05, 0) is 73.7 Å². The summed E-state index contributed by atoms with van der Waals surface area (Å²) in [6, 6.07) is 19.0. The molecule has 0 N–H and O–H groups in total. The van der Waals surface area contributed by atoms with E-state index in [1.807, 2.05) is 6.07 Å². The normalized spacial score (nSPS) is 9.92. The van der Waals surface area contributed by atoms with Gasteiger partial charge in [0.05, 0.1) is 30.4 Å². The number of hydrogen-bond acceptors (Lipinski definition) is 7. The van der Waals surface area contributed by atoms with Gasteiger partial charge in [-0.3, -0.25) is 0 Å². The van der Waals surface area contributed by atoms with Gasteiger partial charge in [0.25, 0.3) is 0 Å². The molecule has 38 heavy (non-hydrogen) atoms. The molecule has 0 heterocycles. The van der Waals surface area contributed by atoms with Gasteiger partial charge in [0, 0.05) is 16.7 Å². The van der Waals surface area contributed by atoms with Crippen LogP contribution in [0.25, 0.3) is 0 Å². The molecule has 0 spiro atoms. The molecule has 0 unspecified atom stereocenters. The van der Waals surface area contributed by atoms with E-state index in [1.54, 1.807) is 49.4 Å². The predicted octanol–water partition coefficient (Wildman–Crippen LogP) is 4.83. The zero-order valence-electron chi connectivity index (χ0n) is 20.7. The Morgan fingerprint density at radius 2 is 1.50 bits per heavy atom. The lowest BCUT2D eigenvalue weighted by atomic mass is 10.1. The van der Waals surface area contributed by atoms with Crippen molar-refractivity contribution in [3.63, 3.8) is 0 Å². The van der Waals surface area contributed by atoms with Crippen LogP contribution < -0.4 is 9.47 Å². The van der Waals surface area contributed by atoms with Crippen molar-refractivity contribution >= 4 is 11.9 Å². The van der Waals surface area contributed by atoms with Gasteiger partial charge in [-0.1, -0.05) is 18.4 Å². The minimum absolute atomic E-state index is 0.123. The molecular formula is C30H24FNO6. The Morgan fingerprint density at radius 3 is 2.16 bits per heavy atom. The number of esters is 2. The first-order chi connectivity index (χ1) is 18.4. The molecule has 0 bridgehead atoms. The monoisotopic (exact) mass is 513 g/mol. The molecule has 3 aromatic carbocycles. The number of nitriles is 1. The average Bonchev–Trinajstić information content (AvgIpc) is 2.93. The minimum Gasteiger partial charge on any atom is -0.491 e. The number of hydrogen-bond donors (Lipinski definition) is 0. The van der Waals surface area contributed by atoms with Crippen molar-refractivity contribution in [1.82, 2.24) is 0 Å². The fraction of sp³-hybridized carbons (Fsp3) is 0.167. The summed E-state index contributed by atoms with van der Waals surface area (Å²) in [4.78, 5) is 23.7. The first-order valence-electron chi connectivity index (χ1n) is 11.5. The number of rotatable bonds is 10. The van der Waals surface area contributed by atoms with E-state index in [4.69, 9.17) is 24.2 Å². The fourth-order valence-electron chi connectivity index (χ4n) is 2.92. The van der Waals surface area contributed by atoms with Crippen LogP contribution in [0, 0.1) is 29.0 Å². The van der Waals surface area contributed by atoms with E-state index in [0.717, 1.165) is 0 Å². The van der Waals surface area contributed by atoms with Gasteiger partial charge in [-0.15, -0.1) is 0 Å². The number of benzene rings is 3.